The summed E-state index contributed by atoms with van der Waals surface area (Å²) in [5.74, 6) is 2.66. The van der Waals surface area contributed by atoms with E-state index < -0.39 is 0 Å². The smallest absolute Gasteiger partial charge is 0.253 e. The fourth-order valence-electron chi connectivity index (χ4n) is 5.01. The highest BCUT2D eigenvalue weighted by molar-refractivity contribution is 5.94. The van der Waals surface area contributed by atoms with Crippen LogP contribution < -0.4 is 0 Å². The second-order valence-electron chi connectivity index (χ2n) is 9.38. The van der Waals surface area contributed by atoms with E-state index in [1.807, 2.05) is 17.0 Å². The van der Waals surface area contributed by atoms with Crippen LogP contribution in [0.1, 0.15) is 86.4 Å². The molecular weight excluding hydrogens is 386 g/mol. The van der Waals surface area contributed by atoms with Crippen molar-refractivity contribution in [2.75, 3.05) is 19.6 Å². The first-order valence-corrected chi connectivity index (χ1v) is 12.1. The number of hydrogen-bond donors (Lipinski definition) is 0. The van der Waals surface area contributed by atoms with Gasteiger partial charge in [-0.15, -0.1) is 10.2 Å². The molecule has 3 heterocycles. The van der Waals surface area contributed by atoms with Gasteiger partial charge in [0.2, 0.25) is 0 Å². The molecule has 1 atom stereocenters. The molecule has 1 unspecified atom stereocenters. The molecule has 6 heteroatoms. The van der Waals surface area contributed by atoms with Gasteiger partial charge < -0.3 is 9.47 Å². The summed E-state index contributed by atoms with van der Waals surface area (Å²) < 4.78 is 2.34. The molecule has 4 rings (SSSR count). The molecule has 168 valence electrons. The van der Waals surface area contributed by atoms with E-state index in [0.29, 0.717) is 12.0 Å². The fourth-order valence-corrected chi connectivity index (χ4v) is 5.01. The topological polar surface area (TPSA) is 54.3 Å². The molecular formula is C25H37N5O. The number of aryl methyl sites for hydroxylation is 1. The maximum Gasteiger partial charge on any atom is 0.253 e. The highest BCUT2D eigenvalue weighted by Crippen LogP contribution is 2.29. The molecule has 2 aliphatic rings. The van der Waals surface area contributed by atoms with Gasteiger partial charge in [-0.2, -0.15) is 0 Å². The Labute approximate surface area is 186 Å². The lowest BCUT2D eigenvalue weighted by atomic mass is 9.96. The minimum Gasteiger partial charge on any atom is -0.338 e. The van der Waals surface area contributed by atoms with Crippen molar-refractivity contribution in [3.8, 4) is 0 Å². The summed E-state index contributed by atoms with van der Waals surface area (Å²) in [5.41, 5.74) is 2.05. The van der Waals surface area contributed by atoms with Crippen LogP contribution in [0.2, 0.25) is 0 Å². The van der Waals surface area contributed by atoms with Crippen LogP contribution in [-0.2, 0) is 19.5 Å². The van der Waals surface area contributed by atoms with Crippen LogP contribution in [0.25, 0.3) is 0 Å². The van der Waals surface area contributed by atoms with Gasteiger partial charge in [0.25, 0.3) is 5.91 Å². The Morgan fingerprint density at radius 1 is 1.10 bits per heavy atom. The van der Waals surface area contributed by atoms with Crippen LogP contribution in [-0.4, -0.2) is 56.1 Å². The summed E-state index contributed by atoms with van der Waals surface area (Å²) in [6.45, 7) is 11.2. The van der Waals surface area contributed by atoms with Crippen LogP contribution in [0.15, 0.2) is 24.3 Å². The largest absolute Gasteiger partial charge is 0.338 e. The zero-order chi connectivity index (χ0) is 21.8. The lowest BCUT2D eigenvalue weighted by Crippen LogP contribution is -2.39. The van der Waals surface area contributed by atoms with Gasteiger partial charge in [-0.1, -0.05) is 25.5 Å². The summed E-state index contributed by atoms with van der Waals surface area (Å²) in [4.78, 5) is 17.7. The average Bonchev–Trinajstić information content (AvgIpc) is 3.05. The number of hydrogen-bond acceptors (Lipinski definition) is 4. The zero-order valence-electron chi connectivity index (χ0n) is 19.4. The second kappa shape index (κ2) is 9.94. The average molecular weight is 424 g/mol. The molecule has 1 saturated heterocycles. The van der Waals surface area contributed by atoms with Gasteiger partial charge in [-0.25, -0.2) is 0 Å². The molecule has 31 heavy (non-hydrogen) atoms. The summed E-state index contributed by atoms with van der Waals surface area (Å²) in [5, 5.41) is 9.04. The standard InChI is InChI=1S/C25H37N5O/c1-4-28(19(2)3)17-20-11-13-21(14-12-20)25(31)29-15-8-9-22(18-29)24-27-26-23-10-6-5-7-16-30(23)24/h11-14,19,22H,4-10,15-18H2,1-3H3. The van der Waals surface area contributed by atoms with Crippen LogP contribution in [0.3, 0.4) is 0 Å². The van der Waals surface area contributed by atoms with Crippen molar-refractivity contribution in [2.45, 2.75) is 84.3 Å². The number of fused-ring (bicyclic) bond motifs is 1. The van der Waals surface area contributed by atoms with Gasteiger partial charge >= 0.3 is 0 Å². The first-order chi connectivity index (χ1) is 15.1. The molecule has 0 saturated carbocycles. The van der Waals surface area contributed by atoms with Crippen LogP contribution in [0.5, 0.6) is 0 Å². The van der Waals surface area contributed by atoms with E-state index in [0.717, 1.165) is 69.2 Å². The number of aromatic nitrogens is 3. The van der Waals surface area contributed by atoms with Crippen molar-refractivity contribution >= 4 is 5.91 Å². The number of rotatable bonds is 6. The molecule has 6 nitrogen and oxygen atoms in total. The predicted octanol–water partition coefficient (Wildman–Crippen LogP) is 4.25. The SMILES string of the molecule is CCN(Cc1ccc(C(=O)N2CCCC(c3nnc4n3CCCCC4)C2)cc1)C(C)C. The molecule has 2 aromatic rings. The Morgan fingerprint density at radius 2 is 1.90 bits per heavy atom. The summed E-state index contributed by atoms with van der Waals surface area (Å²) >= 11 is 0. The maximum atomic E-state index is 13.2. The van der Waals surface area contributed by atoms with Gasteiger partial charge in [0, 0.05) is 50.1 Å². The minimum absolute atomic E-state index is 0.142. The van der Waals surface area contributed by atoms with E-state index in [1.54, 1.807) is 0 Å². The van der Waals surface area contributed by atoms with Crippen molar-refractivity contribution in [3.05, 3.63) is 47.0 Å². The quantitative estimate of drug-likeness (QED) is 0.697. The number of piperidine rings is 1. The summed E-state index contributed by atoms with van der Waals surface area (Å²) in [7, 11) is 0. The number of carbonyl (C=O) groups excluding carboxylic acids is 1. The van der Waals surface area contributed by atoms with E-state index in [9.17, 15) is 4.79 Å². The predicted molar refractivity (Wildman–Crippen MR) is 123 cm³/mol. The number of nitrogens with zero attached hydrogens (tertiary/aromatic N) is 5. The normalized spacial score (nSPS) is 19.5. The number of likely N-dealkylation sites (tertiary alicyclic amines) is 1. The molecule has 0 aliphatic carbocycles. The highest BCUT2D eigenvalue weighted by atomic mass is 16.2. The molecule has 1 aromatic carbocycles. The van der Waals surface area contributed by atoms with Crippen LogP contribution in [0, 0.1) is 0 Å². The van der Waals surface area contributed by atoms with E-state index in [1.165, 1.54) is 24.8 Å². The third-order valence-corrected chi connectivity index (χ3v) is 6.93. The fraction of sp³-hybridized carbons (Fsp3) is 0.640. The molecule has 0 bridgehead atoms. The van der Waals surface area contributed by atoms with Gasteiger partial charge in [0.15, 0.2) is 0 Å². The van der Waals surface area contributed by atoms with Crippen molar-refractivity contribution < 1.29 is 4.79 Å². The Bertz CT molecular complexity index is 873. The maximum absolute atomic E-state index is 13.2. The number of carbonyl (C=O) groups is 1. The Balaban J connectivity index is 1.43. The molecule has 1 amide bonds. The van der Waals surface area contributed by atoms with E-state index in [2.05, 4.69) is 52.6 Å². The van der Waals surface area contributed by atoms with E-state index >= 15 is 0 Å². The van der Waals surface area contributed by atoms with Crippen LogP contribution in [0.4, 0.5) is 0 Å². The van der Waals surface area contributed by atoms with Gasteiger partial charge in [0.1, 0.15) is 11.6 Å². The Hall–Kier alpha value is -2.21. The van der Waals surface area contributed by atoms with Crippen molar-refractivity contribution in [1.29, 1.82) is 0 Å². The summed E-state index contributed by atoms with van der Waals surface area (Å²) in [6, 6.07) is 8.73. The number of benzene rings is 1. The zero-order valence-corrected chi connectivity index (χ0v) is 19.4. The van der Waals surface area contributed by atoms with Gasteiger partial charge in [-0.05, 0) is 63.8 Å². The van der Waals surface area contributed by atoms with Crippen molar-refractivity contribution in [1.82, 2.24) is 24.6 Å². The Kier molecular flexibility index (Phi) is 7.06. The Morgan fingerprint density at radius 3 is 2.65 bits per heavy atom. The molecule has 0 N–H and O–H groups in total. The third kappa shape index (κ3) is 5.00. The second-order valence-corrected chi connectivity index (χ2v) is 9.38. The molecule has 1 aromatic heterocycles. The molecule has 0 radical (unpaired) electrons. The highest BCUT2D eigenvalue weighted by Gasteiger charge is 2.30. The van der Waals surface area contributed by atoms with Crippen molar-refractivity contribution in [2.24, 2.45) is 0 Å². The minimum atomic E-state index is 0.142. The van der Waals surface area contributed by atoms with E-state index in [4.69, 9.17) is 0 Å². The lowest BCUT2D eigenvalue weighted by Gasteiger charge is -2.32. The van der Waals surface area contributed by atoms with Crippen molar-refractivity contribution in [3.63, 3.8) is 0 Å². The number of amides is 1. The monoisotopic (exact) mass is 423 g/mol. The van der Waals surface area contributed by atoms with Crippen LogP contribution >= 0.6 is 0 Å². The first kappa shape index (κ1) is 22.0. The van der Waals surface area contributed by atoms with Gasteiger partial charge in [-0.3, -0.25) is 9.69 Å². The third-order valence-electron chi connectivity index (χ3n) is 6.93. The summed E-state index contributed by atoms with van der Waals surface area (Å²) in [6.07, 6.45) is 6.81. The van der Waals surface area contributed by atoms with Gasteiger partial charge in [0.05, 0.1) is 0 Å². The van der Waals surface area contributed by atoms with E-state index in [-0.39, 0.29) is 5.91 Å². The molecule has 0 spiro atoms. The molecule has 2 aliphatic heterocycles. The first-order valence-electron chi connectivity index (χ1n) is 12.1. The lowest BCUT2D eigenvalue weighted by molar-refractivity contribution is 0.0703. The molecule has 1 fully saturated rings.